The number of rotatable bonds is 12. The van der Waals surface area contributed by atoms with Crippen molar-refractivity contribution >= 4 is 53.7 Å². The summed E-state index contributed by atoms with van der Waals surface area (Å²) in [5, 5.41) is -14.1. The van der Waals surface area contributed by atoms with Crippen molar-refractivity contribution in [3.05, 3.63) is 137 Å². The van der Waals surface area contributed by atoms with Crippen molar-refractivity contribution in [1.29, 1.82) is 0 Å². The average Bonchev–Trinajstić information content (AvgIpc) is 3.22. The fourth-order valence-electron chi connectivity index (χ4n) is 4.90. The first-order valence-corrected chi connectivity index (χ1v) is 22.6. The van der Waals surface area contributed by atoms with Crippen LogP contribution in [-0.2, 0) is 31.1 Å². The van der Waals surface area contributed by atoms with Gasteiger partial charge >= 0.3 is 56.7 Å². The summed E-state index contributed by atoms with van der Waals surface area (Å²) < 4.78 is 277. The Morgan fingerprint density at radius 2 is 0.853 bits per heavy atom. The molecular formula is C39H25F18IO7S3. The van der Waals surface area contributed by atoms with E-state index in [-0.39, 0.29) is 10.9 Å². The van der Waals surface area contributed by atoms with E-state index in [9.17, 15) is 100 Å². The summed E-state index contributed by atoms with van der Waals surface area (Å²) in [7, 11) is -14.7. The van der Waals surface area contributed by atoms with Crippen molar-refractivity contribution in [2.75, 3.05) is 0 Å². The average molecular weight is 1170 g/mol. The maximum Gasteiger partial charge on any atom is 0.460 e. The van der Waals surface area contributed by atoms with Crippen molar-refractivity contribution in [3.63, 3.8) is 0 Å². The van der Waals surface area contributed by atoms with Crippen molar-refractivity contribution < 1.29 is 110 Å². The lowest BCUT2D eigenvalue weighted by atomic mass is 10.0. The van der Waals surface area contributed by atoms with Gasteiger partial charge < -0.3 is 9.29 Å². The van der Waals surface area contributed by atoms with Crippen molar-refractivity contribution in [2.45, 2.75) is 68.2 Å². The van der Waals surface area contributed by atoms with Crippen LogP contribution in [0.1, 0.15) is 5.56 Å². The summed E-state index contributed by atoms with van der Waals surface area (Å²) in [5.74, 6) is -27.9. The predicted molar refractivity (Wildman–Crippen MR) is 214 cm³/mol. The van der Waals surface area contributed by atoms with E-state index >= 15 is 0 Å². The van der Waals surface area contributed by atoms with Crippen molar-refractivity contribution in [2.24, 2.45) is 0 Å². The van der Waals surface area contributed by atoms with Gasteiger partial charge in [0.2, 0.25) is 0 Å². The summed E-state index contributed by atoms with van der Waals surface area (Å²) in [6, 6.07) is 44.8. The minimum atomic E-state index is -7.43. The Balaban J connectivity index is 0.000000305. The van der Waals surface area contributed by atoms with Crippen LogP contribution in [0, 0.1) is 10.5 Å². The second-order valence-corrected chi connectivity index (χ2v) is 19.3. The molecule has 0 amide bonds. The number of ether oxygens (including phenoxy) is 1. The molecule has 0 radical (unpaired) electrons. The van der Waals surface area contributed by atoms with Gasteiger partial charge in [0.1, 0.15) is 11.5 Å². The van der Waals surface area contributed by atoms with Gasteiger partial charge in [-0.25, -0.2) is 8.42 Å². The molecule has 1 N–H and O–H groups in total. The van der Waals surface area contributed by atoms with Crippen LogP contribution in [0.25, 0.3) is 11.1 Å². The van der Waals surface area contributed by atoms with Crippen LogP contribution in [0.2, 0.25) is 0 Å². The van der Waals surface area contributed by atoms with Gasteiger partial charge in [-0.05, 0) is 107 Å². The van der Waals surface area contributed by atoms with E-state index in [0.29, 0.717) is 0 Å². The van der Waals surface area contributed by atoms with Crippen molar-refractivity contribution in [1.82, 2.24) is 0 Å². The Hall–Kier alpha value is -4.46. The SMILES string of the molecule is Cc1ccc(I)c(-c2ccc(Oc3ccc([S+](c4ccccc4)c4ccccc4)cc3)cc2)c1.O=S(=O)(O)C(F)(F)C(F)(F)C(F)(F)C(F)(F)F.O=S(=O)([O-])C(F)(F)C(F)(F)C(F)(F)C(F)(F)F. The molecule has 0 bridgehead atoms. The Morgan fingerprint density at radius 1 is 0.500 bits per heavy atom. The maximum absolute atomic E-state index is 12.2. The highest BCUT2D eigenvalue weighted by Crippen LogP contribution is 2.55. The van der Waals surface area contributed by atoms with Gasteiger partial charge in [0.05, 0.1) is 10.9 Å². The molecule has 5 aromatic carbocycles. The zero-order chi connectivity index (χ0) is 52.3. The lowest BCUT2D eigenvalue weighted by Gasteiger charge is -2.34. The molecule has 0 fully saturated rings. The molecule has 0 unspecified atom stereocenters. The molecular weight excluding hydrogens is 1150 g/mol. The molecule has 0 atom stereocenters. The lowest BCUT2D eigenvalue weighted by molar-refractivity contribution is -0.382. The molecule has 374 valence electrons. The first-order valence-electron chi connectivity index (χ1n) is 17.5. The van der Waals surface area contributed by atoms with E-state index < -0.39 is 66.8 Å². The monoisotopic (exact) mass is 1170 g/mol. The molecule has 0 aromatic heterocycles. The third-order valence-corrected chi connectivity index (χ3v) is 13.4. The standard InChI is InChI=1S/C31H24IOS.2C4HF9O3S/c1-23-12-21-31(32)30(22-23)24-13-15-25(16-14-24)33-26-17-19-29(20-18-26)34(27-8-4-2-5-9-27)28-10-6-3-7-11-28;2*5-1(6,3(9,10)11)2(7,8)4(12,13)17(14,15)16/h2-22H,1H3;2*(H,14,15,16)/q+1;;/p-1. The minimum Gasteiger partial charge on any atom is -0.743 e. The van der Waals surface area contributed by atoms with E-state index in [0.717, 1.165) is 11.5 Å². The Morgan fingerprint density at radius 3 is 1.21 bits per heavy atom. The highest BCUT2D eigenvalue weighted by Gasteiger charge is 2.86. The topological polar surface area (TPSA) is 121 Å². The number of hydrogen-bond acceptors (Lipinski definition) is 6. The first-order chi connectivity index (χ1) is 30.7. The van der Waals surface area contributed by atoms with E-state index in [1.165, 1.54) is 34.9 Å². The van der Waals surface area contributed by atoms with Crippen LogP contribution >= 0.6 is 22.6 Å². The van der Waals surface area contributed by atoms with Crippen LogP contribution in [0.15, 0.2) is 142 Å². The Labute approximate surface area is 389 Å². The molecule has 0 saturated heterocycles. The van der Waals surface area contributed by atoms with Crippen LogP contribution in [0.3, 0.4) is 0 Å². The normalized spacial score (nSPS) is 13.5. The molecule has 0 spiro atoms. The van der Waals surface area contributed by atoms with E-state index in [2.05, 4.69) is 145 Å². The molecule has 0 aliphatic heterocycles. The zero-order valence-electron chi connectivity index (χ0n) is 32.9. The smallest absolute Gasteiger partial charge is 0.460 e. The molecule has 0 heterocycles. The summed E-state index contributed by atoms with van der Waals surface area (Å²) >= 11 is 2.39. The third-order valence-electron chi connectivity index (χ3n) is 8.41. The second kappa shape index (κ2) is 20.5. The lowest BCUT2D eigenvalue weighted by Crippen LogP contribution is -2.63. The van der Waals surface area contributed by atoms with Gasteiger partial charge in [0.25, 0.3) is 0 Å². The van der Waals surface area contributed by atoms with Gasteiger partial charge in [-0.3, -0.25) is 4.55 Å². The number of halogens is 19. The van der Waals surface area contributed by atoms with Crippen LogP contribution in [0.5, 0.6) is 11.5 Å². The van der Waals surface area contributed by atoms with Gasteiger partial charge in [-0.15, -0.1) is 0 Å². The van der Waals surface area contributed by atoms with Gasteiger partial charge in [0, 0.05) is 3.57 Å². The first kappa shape index (κ1) is 57.9. The molecule has 0 aliphatic carbocycles. The van der Waals surface area contributed by atoms with Crippen LogP contribution < -0.4 is 4.74 Å². The fourth-order valence-corrected chi connectivity index (χ4v) is 8.53. The highest BCUT2D eigenvalue weighted by molar-refractivity contribution is 14.1. The second-order valence-electron chi connectivity index (χ2n) is 13.3. The van der Waals surface area contributed by atoms with E-state index in [1.807, 2.05) is 12.1 Å². The summed E-state index contributed by atoms with van der Waals surface area (Å²) in [5.41, 5.74) is 3.72. The largest absolute Gasteiger partial charge is 0.743 e. The Bertz CT molecular complexity index is 2590. The van der Waals surface area contributed by atoms with E-state index in [4.69, 9.17) is 9.29 Å². The quantitative estimate of drug-likeness (QED) is 0.0572. The van der Waals surface area contributed by atoms with Crippen LogP contribution in [-0.4, -0.2) is 72.5 Å². The van der Waals surface area contributed by atoms with Gasteiger partial charge in [0.15, 0.2) is 24.8 Å². The maximum atomic E-state index is 12.2. The molecule has 29 heteroatoms. The Kier molecular flexibility index (Phi) is 17.4. The number of benzene rings is 5. The predicted octanol–water partition coefficient (Wildman–Crippen LogP) is 13.4. The van der Waals surface area contributed by atoms with Gasteiger partial charge in [-0.2, -0.15) is 87.4 Å². The fraction of sp³-hybridized carbons (Fsp3) is 0.231. The molecule has 7 nitrogen and oxygen atoms in total. The third kappa shape index (κ3) is 12.1. The number of aryl methyl sites for hydroxylation is 1. The summed E-state index contributed by atoms with van der Waals surface area (Å²) in [4.78, 5) is 3.89. The zero-order valence-corrected chi connectivity index (χ0v) is 37.5. The molecule has 5 aromatic rings. The molecule has 0 aliphatic rings. The highest BCUT2D eigenvalue weighted by atomic mass is 127. The van der Waals surface area contributed by atoms with Crippen molar-refractivity contribution in [3.8, 4) is 22.6 Å². The molecule has 0 saturated carbocycles. The minimum absolute atomic E-state index is 0.154. The number of alkyl halides is 18. The van der Waals surface area contributed by atoms with Crippen LogP contribution in [0.4, 0.5) is 79.0 Å². The molecule has 68 heavy (non-hydrogen) atoms. The molecule has 5 rings (SSSR count). The van der Waals surface area contributed by atoms with Gasteiger partial charge in [-0.1, -0.05) is 66.2 Å². The van der Waals surface area contributed by atoms with E-state index in [1.54, 1.807) is 0 Å². The number of hydrogen-bond donors (Lipinski definition) is 1. The summed E-state index contributed by atoms with van der Waals surface area (Å²) in [6.45, 7) is 2.13. The summed E-state index contributed by atoms with van der Waals surface area (Å²) in [6.07, 6.45) is -14.3.